The van der Waals surface area contributed by atoms with Crippen molar-refractivity contribution in [3.05, 3.63) is 53.9 Å². The predicted molar refractivity (Wildman–Crippen MR) is 60.5 cm³/mol. The molecule has 0 bridgehead atoms. The van der Waals surface area contributed by atoms with Gasteiger partial charge in [-0.2, -0.15) is 0 Å². The van der Waals surface area contributed by atoms with Gasteiger partial charge in [0.25, 0.3) is 0 Å². The second-order valence-electron chi connectivity index (χ2n) is 3.51. The minimum Gasteiger partial charge on any atom is -0.379 e. The van der Waals surface area contributed by atoms with Gasteiger partial charge in [-0.25, -0.2) is 14.4 Å². The van der Waals surface area contributed by atoms with Crippen LogP contribution in [0.25, 0.3) is 0 Å². The van der Waals surface area contributed by atoms with Crippen LogP contribution in [0.5, 0.6) is 0 Å². The Labute approximate surface area is 93.4 Å². The number of anilines is 1. The molecule has 0 fully saturated rings. The zero-order valence-corrected chi connectivity index (χ0v) is 8.94. The summed E-state index contributed by atoms with van der Waals surface area (Å²) < 4.78 is 12.7. The van der Waals surface area contributed by atoms with Gasteiger partial charge in [-0.1, -0.05) is 0 Å². The van der Waals surface area contributed by atoms with Crippen LogP contribution in [0.3, 0.4) is 0 Å². The highest BCUT2D eigenvalue weighted by atomic mass is 19.1. The quantitative estimate of drug-likeness (QED) is 0.858. The maximum atomic E-state index is 12.7. The van der Waals surface area contributed by atoms with Crippen molar-refractivity contribution in [2.24, 2.45) is 0 Å². The SMILES string of the molecule is Cc1cc(CNc2ccc(F)cc2)ncn1. The van der Waals surface area contributed by atoms with Crippen LogP contribution in [0.2, 0.25) is 0 Å². The Bertz CT molecular complexity index is 468. The topological polar surface area (TPSA) is 37.8 Å². The van der Waals surface area contributed by atoms with E-state index in [2.05, 4.69) is 15.3 Å². The molecule has 1 N–H and O–H groups in total. The van der Waals surface area contributed by atoms with Gasteiger partial charge in [-0.05, 0) is 37.3 Å². The second kappa shape index (κ2) is 4.70. The van der Waals surface area contributed by atoms with Crippen LogP contribution in [-0.2, 0) is 6.54 Å². The van der Waals surface area contributed by atoms with Crippen LogP contribution in [0.15, 0.2) is 36.7 Å². The Morgan fingerprint density at radius 2 is 1.94 bits per heavy atom. The Balaban J connectivity index is 1.99. The highest BCUT2D eigenvalue weighted by Gasteiger charge is 1.96. The van der Waals surface area contributed by atoms with E-state index < -0.39 is 0 Å². The zero-order chi connectivity index (χ0) is 11.4. The summed E-state index contributed by atoms with van der Waals surface area (Å²) in [5, 5.41) is 3.16. The molecule has 3 nitrogen and oxygen atoms in total. The molecule has 2 aromatic rings. The van der Waals surface area contributed by atoms with Crippen LogP contribution in [0.4, 0.5) is 10.1 Å². The molecule has 0 aliphatic carbocycles. The summed E-state index contributed by atoms with van der Waals surface area (Å²) in [6.45, 7) is 2.53. The fraction of sp³-hybridized carbons (Fsp3) is 0.167. The first-order valence-corrected chi connectivity index (χ1v) is 5.01. The molecular formula is C12H12FN3. The summed E-state index contributed by atoms with van der Waals surface area (Å²) in [7, 11) is 0. The minimum atomic E-state index is -0.233. The average molecular weight is 217 g/mol. The van der Waals surface area contributed by atoms with E-state index >= 15 is 0 Å². The molecule has 0 aliphatic rings. The van der Waals surface area contributed by atoms with Gasteiger partial charge in [0.1, 0.15) is 12.1 Å². The third-order valence-corrected chi connectivity index (χ3v) is 2.18. The van der Waals surface area contributed by atoms with Gasteiger partial charge in [-0.3, -0.25) is 0 Å². The number of hydrogen-bond donors (Lipinski definition) is 1. The molecule has 0 amide bonds. The van der Waals surface area contributed by atoms with Crippen molar-refractivity contribution in [2.45, 2.75) is 13.5 Å². The summed E-state index contributed by atoms with van der Waals surface area (Å²) in [5.41, 5.74) is 2.72. The van der Waals surface area contributed by atoms with Crippen molar-refractivity contribution in [2.75, 3.05) is 5.32 Å². The van der Waals surface area contributed by atoms with Crippen molar-refractivity contribution in [1.82, 2.24) is 9.97 Å². The first-order valence-electron chi connectivity index (χ1n) is 5.01. The molecule has 0 atom stereocenters. The smallest absolute Gasteiger partial charge is 0.123 e. The van der Waals surface area contributed by atoms with Gasteiger partial charge < -0.3 is 5.32 Å². The number of aromatic nitrogens is 2. The predicted octanol–water partition coefficient (Wildman–Crippen LogP) is 2.54. The molecule has 0 unspecified atom stereocenters. The van der Waals surface area contributed by atoms with Crippen LogP contribution >= 0.6 is 0 Å². The summed E-state index contributed by atoms with van der Waals surface area (Å²) in [4.78, 5) is 8.14. The maximum absolute atomic E-state index is 12.7. The van der Waals surface area contributed by atoms with E-state index in [-0.39, 0.29) is 5.82 Å². The lowest BCUT2D eigenvalue weighted by atomic mass is 10.3. The molecule has 4 heteroatoms. The highest BCUT2D eigenvalue weighted by molar-refractivity contribution is 5.43. The largest absolute Gasteiger partial charge is 0.379 e. The molecule has 2 rings (SSSR count). The van der Waals surface area contributed by atoms with Crippen molar-refractivity contribution >= 4 is 5.69 Å². The summed E-state index contributed by atoms with van der Waals surface area (Å²) >= 11 is 0. The van der Waals surface area contributed by atoms with Crippen molar-refractivity contribution in [3.8, 4) is 0 Å². The molecule has 0 radical (unpaired) electrons. The molecular weight excluding hydrogens is 205 g/mol. The Morgan fingerprint density at radius 1 is 1.19 bits per heavy atom. The normalized spacial score (nSPS) is 10.1. The maximum Gasteiger partial charge on any atom is 0.123 e. The van der Waals surface area contributed by atoms with E-state index in [0.29, 0.717) is 6.54 Å². The van der Waals surface area contributed by atoms with Gasteiger partial charge in [0.15, 0.2) is 0 Å². The van der Waals surface area contributed by atoms with Crippen LogP contribution < -0.4 is 5.32 Å². The molecule has 0 spiro atoms. The molecule has 16 heavy (non-hydrogen) atoms. The lowest BCUT2D eigenvalue weighted by molar-refractivity contribution is 0.628. The number of aryl methyl sites for hydroxylation is 1. The average Bonchev–Trinajstić information content (AvgIpc) is 2.28. The molecule has 0 saturated heterocycles. The first-order chi connectivity index (χ1) is 7.74. The zero-order valence-electron chi connectivity index (χ0n) is 8.94. The highest BCUT2D eigenvalue weighted by Crippen LogP contribution is 2.09. The van der Waals surface area contributed by atoms with E-state index in [0.717, 1.165) is 17.1 Å². The third kappa shape index (κ3) is 2.76. The lowest BCUT2D eigenvalue weighted by Gasteiger charge is -2.05. The van der Waals surface area contributed by atoms with Crippen molar-refractivity contribution in [3.63, 3.8) is 0 Å². The fourth-order valence-corrected chi connectivity index (χ4v) is 1.37. The second-order valence-corrected chi connectivity index (χ2v) is 3.51. The van der Waals surface area contributed by atoms with Gasteiger partial charge in [0.2, 0.25) is 0 Å². The first kappa shape index (κ1) is 10.5. The van der Waals surface area contributed by atoms with E-state index in [1.54, 1.807) is 12.1 Å². The standard InChI is InChI=1S/C12H12FN3/c1-9-6-12(16-8-15-9)7-14-11-4-2-10(13)3-5-11/h2-6,8,14H,7H2,1H3. The van der Waals surface area contributed by atoms with Gasteiger partial charge >= 0.3 is 0 Å². The van der Waals surface area contributed by atoms with Crippen LogP contribution in [0, 0.1) is 12.7 Å². The molecule has 1 heterocycles. The molecule has 0 aliphatic heterocycles. The molecule has 0 saturated carbocycles. The molecule has 1 aromatic heterocycles. The van der Waals surface area contributed by atoms with Crippen molar-refractivity contribution in [1.29, 1.82) is 0 Å². The molecule has 1 aromatic carbocycles. The van der Waals surface area contributed by atoms with E-state index in [4.69, 9.17) is 0 Å². The third-order valence-electron chi connectivity index (χ3n) is 2.18. The Kier molecular flexibility index (Phi) is 3.10. The van der Waals surface area contributed by atoms with Crippen LogP contribution in [-0.4, -0.2) is 9.97 Å². The molecule has 82 valence electrons. The summed E-state index contributed by atoms with van der Waals surface area (Å²) in [6, 6.07) is 8.16. The fourth-order valence-electron chi connectivity index (χ4n) is 1.37. The summed E-state index contributed by atoms with van der Waals surface area (Å²) in [5.74, 6) is -0.233. The Morgan fingerprint density at radius 3 is 2.62 bits per heavy atom. The van der Waals surface area contributed by atoms with E-state index in [1.807, 2.05) is 13.0 Å². The van der Waals surface area contributed by atoms with Gasteiger partial charge in [0, 0.05) is 11.4 Å². The summed E-state index contributed by atoms with van der Waals surface area (Å²) in [6.07, 6.45) is 1.54. The van der Waals surface area contributed by atoms with Crippen LogP contribution in [0.1, 0.15) is 11.4 Å². The number of benzene rings is 1. The number of nitrogens with one attached hydrogen (secondary N) is 1. The van der Waals surface area contributed by atoms with E-state index in [9.17, 15) is 4.39 Å². The van der Waals surface area contributed by atoms with Gasteiger partial charge in [-0.15, -0.1) is 0 Å². The number of nitrogens with zero attached hydrogens (tertiary/aromatic N) is 2. The number of rotatable bonds is 3. The Hall–Kier alpha value is -1.97. The monoisotopic (exact) mass is 217 g/mol. The number of hydrogen-bond acceptors (Lipinski definition) is 3. The van der Waals surface area contributed by atoms with Gasteiger partial charge in [0.05, 0.1) is 12.2 Å². The number of halogens is 1. The minimum absolute atomic E-state index is 0.233. The lowest BCUT2D eigenvalue weighted by Crippen LogP contribution is -2.02. The van der Waals surface area contributed by atoms with Crippen molar-refractivity contribution < 1.29 is 4.39 Å². The van der Waals surface area contributed by atoms with E-state index in [1.165, 1.54) is 18.5 Å².